The lowest BCUT2D eigenvalue weighted by atomic mass is 10.1. The molecule has 0 unspecified atom stereocenters. The number of rotatable bonds is 4. The first kappa shape index (κ1) is 18.9. The first-order chi connectivity index (χ1) is 12.9. The van der Waals surface area contributed by atoms with Gasteiger partial charge in [-0.3, -0.25) is 9.69 Å². The van der Waals surface area contributed by atoms with Gasteiger partial charge >= 0.3 is 0 Å². The molecule has 0 radical (unpaired) electrons. The minimum absolute atomic E-state index is 0.0228. The number of halogens is 2. The number of allylic oxidation sites excluding steroid dienone is 1. The smallest absolute Gasteiger partial charge is 0.231 e. The zero-order valence-corrected chi connectivity index (χ0v) is 17.1. The molecule has 0 spiro atoms. The maximum absolute atomic E-state index is 12.9. The van der Waals surface area contributed by atoms with Gasteiger partial charge in [0.2, 0.25) is 12.7 Å². The van der Waals surface area contributed by atoms with E-state index < -0.39 is 0 Å². The number of benzene rings is 1. The van der Waals surface area contributed by atoms with Gasteiger partial charge in [-0.2, -0.15) is 0 Å². The van der Waals surface area contributed by atoms with Gasteiger partial charge in [0.05, 0.1) is 5.92 Å². The molecule has 1 aromatic carbocycles. The molecule has 3 aliphatic rings. The van der Waals surface area contributed by atoms with Crippen LogP contribution in [0.15, 0.2) is 28.8 Å². The van der Waals surface area contributed by atoms with Gasteiger partial charge < -0.3 is 14.4 Å². The summed E-state index contributed by atoms with van der Waals surface area (Å²) in [5.41, 5.74) is 1.12. The predicted molar refractivity (Wildman–Crippen MR) is 105 cm³/mol. The number of amides is 1. The molecular formula is C20H24Cl2N2O3. The first-order valence-electron chi connectivity index (χ1n) is 9.29. The molecule has 0 bridgehead atoms. The third kappa shape index (κ3) is 3.78. The molecule has 7 heteroatoms. The van der Waals surface area contributed by atoms with Crippen molar-refractivity contribution in [3.63, 3.8) is 0 Å². The summed E-state index contributed by atoms with van der Waals surface area (Å²) in [5, 5.41) is 0. The van der Waals surface area contributed by atoms with Crippen molar-refractivity contribution < 1.29 is 14.3 Å². The number of hydrogen-bond acceptors (Lipinski definition) is 4. The minimum Gasteiger partial charge on any atom is -0.454 e. The lowest BCUT2D eigenvalue weighted by Gasteiger charge is -2.35. The molecule has 2 aliphatic heterocycles. The van der Waals surface area contributed by atoms with E-state index in [9.17, 15) is 4.79 Å². The average molecular weight is 411 g/mol. The minimum atomic E-state index is -0.0737. The molecule has 1 saturated heterocycles. The van der Waals surface area contributed by atoms with Crippen molar-refractivity contribution in [3.05, 3.63) is 34.3 Å². The molecule has 2 fully saturated rings. The summed E-state index contributed by atoms with van der Waals surface area (Å²) in [5.74, 6) is 1.95. The fraction of sp³-hybridized carbons (Fsp3) is 0.550. The highest BCUT2D eigenvalue weighted by Crippen LogP contribution is 2.60. The van der Waals surface area contributed by atoms with E-state index in [2.05, 4.69) is 24.8 Å². The molecule has 5 nitrogen and oxygen atoms in total. The second-order valence-corrected chi connectivity index (χ2v) is 9.08. The molecule has 0 N–H and O–H groups in total. The van der Waals surface area contributed by atoms with Crippen LogP contribution >= 0.6 is 23.2 Å². The maximum atomic E-state index is 12.9. The van der Waals surface area contributed by atoms with Crippen LogP contribution in [0.2, 0.25) is 0 Å². The van der Waals surface area contributed by atoms with Crippen molar-refractivity contribution in [2.75, 3.05) is 33.0 Å². The molecule has 1 aliphatic carbocycles. The van der Waals surface area contributed by atoms with E-state index in [-0.39, 0.29) is 27.6 Å². The van der Waals surface area contributed by atoms with Gasteiger partial charge in [-0.05, 0) is 35.1 Å². The summed E-state index contributed by atoms with van der Waals surface area (Å²) >= 11 is 11.6. The topological polar surface area (TPSA) is 42.0 Å². The number of carbonyl (C=O) groups is 1. The monoisotopic (exact) mass is 410 g/mol. The Kier molecular flexibility index (Phi) is 5.04. The summed E-state index contributed by atoms with van der Waals surface area (Å²) in [4.78, 5) is 17.3. The Morgan fingerprint density at radius 3 is 2.59 bits per heavy atom. The molecule has 1 amide bonds. The Balaban J connectivity index is 1.31. The Bertz CT molecular complexity index is 768. The molecule has 2 heterocycles. The van der Waals surface area contributed by atoms with E-state index in [0.717, 1.165) is 44.2 Å². The van der Waals surface area contributed by atoms with Gasteiger partial charge in [-0.15, -0.1) is 0 Å². The van der Waals surface area contributed by atoms with E-state index >= 15 is 0 Å². The van der Waals surface area contributed by atoms with Crippen LogP contribution in [0.3, 0.4) is 0 Å². The van der Waals surface area contributed by atoms with Gasteiger partial charge in [0.1, 0.15) is 4.49 Å². The summed E-state index contributed by atoms with van der Waals surface area (Å²) in [7, 11) is 0. The van der Waals surface area contributed by atoms with Crippen molar-refractivity contribution in [3.8, 4) is 11.5 Å². The maximum Gasteiger partial charge on any atom is 0.231 e. The third-order valence-corrected chi connectivity index (χ3v) is 6.26. The Hall–Kier alpha value is -1.43. The van der Waals surface area contributed by atoms with Gasteiger partial charge in [0.15, 0.2) is 11.5 Å². The second kappa shape index (κ2) is 7.19. The number of fused-ring (bicyclic) bond motifs is 1. The fourth-order valence-electron chi connectivity index (χ4n) is 4.22. The Morgan fingerprint density at radius 2 is 1.89 bits per heavy atom. The molecule has 146 valence electrons. The van der Waals surface area contributed by atoms with Crippen molar-refractivity contribution >= 4 is 29.1 Å². The lowest BCUT2D eigenvalue weighted by molar-refractivity contribution is -0.135. The van der Waals surface area contributed by atoms with E-state index in [1.807, 2.05) is 23.1 Å². The third-order valence-electron chi connectivity index (χ3n) is 6.01. The quantitative estimate of drug-likeness (QED) is 0.759. The van der Waals surface area contributed by atoms with Crippen LogP contribution in [0.25, 0.3) is 0 Å². The van der Waals surface area contributed by atoms with Gasteiger partial charge in [-0.25, -0.2) is 0 Å². The zero-order chi connectivity index (χ0) is 19.2. The predicted octanol–water partition coefficient (Wildman–Crippen LogP) is 3.65. The Labute approximate surface area is 169 Å². The summed E-state index contributed by atoms with van der Waals surface area (Å²) in [6.45, 7) is 8.58. The number of ether oxygens (including phenoxy) is 2. The van der Waals surface area contributed by atoms with Crippen LogP contribution in [-0.4, -0.2) is 48.7 Å². The zero-order valence-electron chi connectivity index (χ0n) is 15.6. The van der Waals surface area contributed by atoms with Crippen molar-refractivity contribution in [1.29, 1.82) is 0 Å². The van der Waals surface area contributed by atoms with Crippen LogP contribution in [0.1, 0.15) is 19.4 Å². The standard InChI is InChI=1S/C20H24Cl2N2O3/c1-20(2)14(10-17(21)22)18(20)19(25)24-7-5-23(6-8-24)11-13-3-4-15-16(9-13)27-12-26-15/h3-4,9-10,14,18H,5-8,11-12H2,1-2H3/t14-,18-/m0/s1. The average Bonchev–Trinajstić information content (AvgIpc) is 2.96. The van der Waals surface area contributed by atoms with E-state index in [4.69, 9.17) is 32.7 Å². The van der Waals surface area contributed by atoms with Crippen molar-refractivity contribution in [1.82, 2.24) is 9.80 Å². The van der Waals surface area contributed by atoms with Crippen LogP contribution in [0.4, 0.5) is 0 Å². The molecule has 0 aromatic heterocycles. The van der Waals surface area contributed by atoms with Gasteiger partial charge in [-0.1, -0.05) is 43.1 Å². The van der Waals surface area contributed by atoms with Crippen LogP contribution in [-0.2, 0) is 11.3 Å². The largest absolute Gasteiger partial charge is 0.454 e. The molecule has 27 heavy (non-hydrogen) atoms. The summed E-state index contributed by atoms with van der Waals surface area (Å²) in [6.07, 6.45) is 1.81. The number of carbonyl (C=O) groups excluding carboxylic acids is 1. The summed E-state index contributed by atoms with van der Waals surface area (Å²) in [6, 6.07) is 6.08. The fourth-order valence-corrected chi connectivity index (χ4v) is 4.49. The first-order valence-corrected chi connectivity index (χ1v) is 10.0. The Morgan fingerprint density at radius 1 is 1.19 bits per heavy atom. The number of nitrogens with zero attached hydrogens (tertiary/aromatic N) is 2. The van der Waals surface area contributed by atoms with E-state index in [1.54, 1.807) is 0 Å². The number of hydrogen-bond donors (Lipinski definition) is 0. The molecule has 2 atom stereocenters. The van der Waals surface area contributed by atoms with Crippen molar-refractivity contribution in [2.45, 2.75) is 20.4 Å². The number of piperazine rings is 1. The molecule has 1 saturated carbocycles. The summed E-state index contributed by atoms with van der Waals surface area (Å²) < 4.78 is 11.1. The molecular weight excluding hydrogens is 387 g/mol. The highest BCUT2D eigenvalue weighted by atomic mass is 35.5. The van der Waals surface area contributed by atoms with E-state index in [0.29, 0.717) is 6.79 Å². The second-order valence-electron chi connectivity index (χ2n) is 8.07. The highest BCUT2D eigenvalue weighted by molar-refractivity contribution is 6.55. The van der Waals surface area contributed by atoms with Gasteiger partial charge in [0, 0.05) is 32.7 Å². The van der Waals surface area contributed by atoms with Crippen LogP contribution < -0.4 is 9.47 Å². The lowest BCUT2D eigenvalue weighted by Crippen LogP contribution is -2.49. The normalized spacial score (nSPS) is 26.0. The highest BCUT2D eigenvalue weighted by Gasteiger charge is 2.61. The van der Waals surface area contributed by atoms with Crippen LogP contribution in [0.5, 0.6) is 11.5 Å². The van der Waals surface area contributed by atoms with Crippen LogP contribution in [0, 0.1) is 17.3 Å². The van der Waals surface area contributed by atoms with E-state index in [1.165, 1.54) is 5.56 Å². The van der Waals surface area contributed by atoms with Gasteiger partial charge in [0.25, 0.3) is 0 Å². The SMILES string of the molecule is CC1(C)[C@H](C(=O)N2CCN(Cc3ccc4c(c3)OCO4)CC2)[C@@H]1C=C(Cl)Cl. The molecule has 4 rings (SSSR count). The van der Waals surface area contributed by atoms with Crippen molar-refractivity contribution in [2.24, 2.45) is 17.3 Å². The molecule has 1 aromatic rings.